The third-order valence-electron chi connectivity index (χ3n) is 3.58. The van der Waals surface area contributed by atoms with Gasteiger partial charge in [0.05, 0.1) is 10.9 Å². The van der Waals surface area contributed by atoms with Crippen molar-refractivity contribution in [1.29, 1.82) is 0 Å². The molecule has 0 bridgehead atoms. The van der Waals surface area contributed by atoms with Gasteiger partial charge < -0.3 is 4.90 Å². The number of carbonyl (C=O) groups is 1. The minimum absolute atomic E-state index is 0.0130. The summed E-state index contributed by atoms with van der Waals surface area (Å²) in [6, 6.07) is 5.41. The Labute approximate surface area is 112 Å². The van der Waals surface area contributed by atoms with Crippen LogP contribution in [0.3, 0.4) is 0 Å². The Morgan fingerprint density at radius 3 is 2.74 bits per heavy atom. The Morgan fingerprint density at radius 1 is 1.37 bits per heavy atom. The van der Waals surface area contributed by atoms with Gasteiger partial charge in [0, 0.05) is 19.2 Å². The first-order valence-corrected chi connectivity index (χ1v) is 7.95. The summed E-state index contributed by atoms with van der Waals surface area (Å²) in [5.41, 5.74) is 2.45. The van der Waals surface area contributed by atoms with Gasteiger partial charge in [0.15, 0.2) is 0 Å². The van der Waals surface area contributed by atoms with Crippen LogP contribution in [0.5, 0.6) is 0 Å². The van der Waals surface area contributed by atoms with E-state index in [9.17, 15) is 13.2 Å². The zero-order valence-corrected chi connectivity index (χ0v) is 11.5. The molecular formula is C13H16N2O3S. The van der Waals surface area contributed by atoms with Crippen molar-refractivity contribution in [2.75, 3.05) is 16.2 Å². The highest BCUT2D eigenvalue weighted by Crippen LogP contribution is 2.33. The lowest BCUT2D eigenvalue weighted by Crippen LogP contribution is -2.26. The van der Waals surface area contributed by atoms with Crippen molar-refractivity contribution < 1.29 is 13.2 Å². The van der Waals surface area contributed by atoms with Crippen molar-refractivity contribution in [3.05, 3.63) is 23.8 Å². The lowest BCUT2D eigenvalue weighted by atomic mass is 10.1. The van der Waals surface area contributed by atoms with Crippen molar-refractivity contribution in [3.63, 3.8) is 0 Å². The average molecular weight is 280 g/mol. The largest absolute Gasteiger partial charge is 0.312 e. The molecule has 1 saturated carbocycles. The molecule has 1 heterocycles. The van der Waals surface area contributed by atoms with E-state index in [2.05, 4.69) is 4.72 Å². The molecule has 0 spiro atoms. The van der Waals surface area contributed by atoms with E-state index >= 15 is 0 Å². The molecule has 1 aliphatic heterocycles. The highest BCUT2D eigenvalue weighted by atomic mass is 32.2. The summed E-state index contributed by atoms with van der Waals surface area (Å²) in [6.07, 6.45) is 2.30. The number of anilines is 2. The number of fused-ring (bicyclic) bond motifs is 1. The summed E-state index contributed by atoms with van der Waals surface area (Å²) in [7, 11) is -3.25. The number of carbonyl (C=O) groups excluding carboxylic acids is 1. The van der Waals surface area contributed by atoms with E-state index in [-0.39, 0.29) is 11.2 Å². The van der Waals surface area contributed by atoms with Gasteiger partial charge in [-0.05, 0) is 37.0 Å². The molecule has 1 aromatic carbocycles. The normalized spacial score (nSPS) is 18.3. The number of nitrogens with zero attached hydrogens (tertiary/aromatic N) is 1. The fourth-order valence-electron chi connectivity index (χ4n) is 2.40. The highest BCUT2D eigenvalue weighted by molar-refractivity contribution is 7.93. The quantitative estimate of drug-likeness (QED) is 0.912. The van der Waals surface area contributed by atoms with E-state index in [1.165, 1.54) is 6.92 Å². The van der Waals surface area contributed by atoms with Gasteiger partial charge in [-0.1, -0.05) is 6.07 Å². The molecular weight excluding hydrogens is 264 g/mol. The first-order valence-electron chi connectivity index (χ1n) is 6.40. The second-order valence-electron chi connectivity index (χ2n) is 5.11. The van der Waals surface area contributed by atoms with Crippen LogP contribution in [-0.2, 0) is 21.2 Å². The second kappa shape index (κ2) is 4.23. The molecule has 6 heteroatoms. The van der Waals surface area contributed by atoms with E-state index in [4.69, 9.17) is 0 Å². The summed E-state index contributed by atoms with van der Waals surface area (Å²) >= 11 is 0. The molecule has 0 atom stereocenters. The number of nitrogens with one attached hydrogen (secondary N) is 1. The smallest absolute Gasteiger partial charge is 0.235 e. The molecule has 102 valence electrons. The summed E-state index contributed by atoms with van der Waals surface area (Å²) in [4.78, 5) is 13.2. The van der Waals surface area contributed by atoms with Crippen LogP contribution in [0.1, 0.15) is 25.3 Å². The van der Waals surface area contributed by atoms with Gasteiger partial charge in [0.1, 0.15) is 0 Å². The van der Waals surface area contributed by atoms with Crippen LogP contribution in [0.15, 0.2) is 18.2 Å². The van der Waals surface area contributed by atoms with Crippen LogP contribution >= 0.6 is 0 Å². The molecule has 1 amide bonds. The molecule has 0 saturated heterocycles. The molecule has 0 radical (unpaired) electrons. The number of amides is 1. The molecule has 5 nitrogen and oxygen atoms in total. The van der Waals surface area contributed by atoms with Crippen LogP contribution < -0.4 is 9.62 Å². The number of rotatable bonds is 3. The van der Waals surface area contributed by atoms with E-state index in [1.807, 2.05) is 6.07 Å². The average Bonchev–Trinajstić information content (AvgIpc) is 3.10. The third kappa shape index (κ3) is 2.32. The first-order chi connectivity index (χ1) is 8.97. The third-order valence-corrected chi connectivity index (χ3v) is 5.45. The summed E-state index contributed by atoms with van der Waals surface area (Å²) < 4.78 is 26.4. The van der Waals surface area contributed by atoms with Crippen LogP contribution in [0, 0.1) is 0 Å². The van der Waals surface area contributed by atoms with Gasteiger partial charge >= 0.3 is 0 Å². The highest BCUT2D eigenvalue weighted by Gasteiger charge is 2.36. The summed E-state index contributed by atoms with van der Waals surface area (Å²) in [6.45, 7) is 2.19. The number of hydrogen-bond acceptors (Lipinski definition) is 3. The molecule has 1 aromatic rings. The Hall–Kier alpha value is -1.56. The standard InChI is InChI=1S/C13H16N2O3S/c1-9(16)15-7-6-10-2-3-11(8-13(10)15)14-19(17,18)12-4-5-12/h2-3,8,12,14H,4-7H2,1H3. The fraction of sp³-hybridized carbons (Fsp3) is 0.462. The lowest BCUT2D eigenvalue weighted by Gasteiger charge is -2.16. The molecule has 19 heavy (non-hydrogen) atoms. The van der Waals surface area contributed by atoms with Crippen LogP contribution in [-0.4, -0.2) is 26.1 Å². The molecule has 2 aliphatic rings. The van der Waals surface area contributed by atoms with Crippen molar-refractivity contribution >= 4 is 27.3 Å². The topological polar surface area (TPSA) is 66.5 Å². The Balaban J connectivity index is 1.89. The van der Waals surface area contributed by atoms with Gasteiger partial charge in [-0.3, -0.25) is 9.52 Å². The van der Waals surface area contributed by atoms with E-state index in [0.717, 1.165) is 30.5 Å². The van der Waals surface area contributed by atoms with Crippen molar-refractivity contribution in [3.8, 4) is 0 Å². The zero-order valence-electron chi connectivity index (χ0n) is 10.7. The lowest BCUT2D eigenvalue weighted by molar-refractivity contribution is -0.116. The minimum Gasteiger partial charge on any atom is -0.312 e. The maximum absolute atomic E-state index is 11.9. The Bertz CT molecular complexity index is 635. The SMILES string of the molecule is CC(=O)N1CCc2ccc(NS(=O)(=O)C3CC3)cc21. The monoisotopic (exact) mass is 280 g/mol. The molecule has 1 fully saturated rings. The van der Waals surface area contributed by atoms with E-state index in [0.29, 0.717) is 12.2 Å². The van der Waals surface area contributed by atoms with Crippen molar-refractivity contribution in [2.24, 2.45) is 0 Å². The van der Waals surface area contributed by atoms with E-state index in [1.54, 1.807) is 17.0 Å². The number of sulfonamides is 1. The Morgan fingerprint density at radius 2 is 2.11 bits per heavy atom. The molecule has 1 N–H and O–H groups in total. The minimum atomic E-state index is -3.25. The van der Waals surface area contributed by atoms with Crippen LogP contribution in [0.25, 0.3) is 0 Å². The molecule has 3 rings (SSSR count). The van der Waals surface area contributed by atoms with Gasteiger partial charge in [0.2, 0.25) is 15.9 Å². The molecule has 0 unspecified atom stereocenters. The van der Waals surface area contributed by atoms with Gasteiger partial charge in [-0.15, -0.1) is 0 Å². The summed E-state index contributed by atoms with van der Waals surface area (Å²) in [5, 5.41) is -0.246. The van der Waals surface area contributed by atoms with Gasteiger partial charge in [0.25, 0.3) is 0 Å². The van der Waals surface area contributed by atoms with Crippen LogP contribution in [0.4, 0.5) is 11.4 Å². The maximum atomic E-state index is 11.9. The maximum Gasteiger partial charge on any atom is 0.235 e. The van der Waals surface area contributed by atoms with Gasteiger partial charge in [-0.2, -0.15) is 0 Å². The predicted octanol–water partition coefficient (Wildman–Crippen LogP) is 1.50. The molecule has 0 aromatic heterocycles. The zero-order chi connectivity index (χ0) is 13.6. The first kappa shape index (κ1) is 12.5. The van der Waals surface area contributed by atoms with Crippen LogP contribution in [0.2, 0.25) is 0 Å². The number of hydrogen-bond donors (Lipinski definition) is 1. The number of benzene rings is 1. The molecule has 1 aliphatic carbocycles. The summed E-state index contributed by atoms with van der Waals surface area (Å²) in [5.74, 6) is -0.0130. The van der Waals surface area contributed by atoms with Crippen molar-refractivity contribution in [1.82, 2.24) is 0 Å². The fourth-order valence-corrected chi connectivity index (χ4v) is 3.77. The van der Waals surface area contributed by atoms with Crippen molar-refractivity contribution in [2.45, 2.75) is 31.4 Å². The van der Waals surface area contributed by atoms with Gasteiger partial charge in [-0.25, -0.2) is 8.42 Å². The Kier molecular flexibility index (Phi) is 2.78. The second-order valence-corrected chi connectivity index (χ2v) is 7.07. The predicted molar refractivity (Wildman–Crippen MR) is 73.7 cm³/mol. The van der Waals surface area contributed by atoms with E-state index < -0.39 is 10.0 Å².